The van der Waals surface area contributed by atoms with Crippen LogP contribution in [0.25, 0.3) is 0 Å². The first kappa shape index (κ1) is 15.7. The van der Waals surface area contributed by atoms with Crippen LogP contribution in [0.3, 0.4) is 0 Å². The van der Waals surface area contributed by atoms with Gasteiger partial charge in [0.05, 0.1) is 0 Å². The summed E-state index contributed by atoms with van der Waals surface area (Å²) in [4.78, 5) is 14.3. The van der Waals surface area contributed by atoms with E-state index >= 15 is 0 Å². The van der Waals surface area contributed by atoms with Crippen LogP contribution in [0.15, 0.2) is 36.9 Å². The summed E-state index contributed by atoms with van der Waals surface area (Å²) in [6, 6.07) is 6.67. The van der Waals surface area contributed by atoms with Gasteiger partial charge in [-0.3, -0.25) is 4.79 Å². The summed E-state index contributed by atoms with van der Waals surface area (Å²) in [5.41, 5.74) is 6.50. The first-order valence-corrected chi connectivity index (χ1v) is 7.50. The van der Waals surface area contributed by atoms with Gasteiger partial charge in [0.1, 0.15) is 5.82 Å². The highest BCUT2D eigenvalue weighted by Crippen LogP contribution is 2.25. The Morgan fingerprint density at radius 3 is 2.86 bits per heavy atom. The summed E-state index contributed by atoms with van der Waals surface area (Å²) < 4.78 is 13.8. The van der Waals surface area contributed by atoms with Crippen LogP contribution in [0.2, 0.25) is 0 Å². The Labute approximate surface area is 125 Å². The highest BCUT2D eigenvalue weighted by molar-refractivity contribution is 5.79. The maximum atomic E-state index is 13.8. The molecule has 1 aromatic carbocycles. The van der Waals surface area contributed by atoms with Gasteiger partial charge in [0.15, 0.2) is 0 Å². The lowest BCUT2D eigenvalue weighted by molar-refractivity contribution is -0.136. The largest absolute Gasteiger partial charge is 0.334 e. The molecule has 4 heteroatoms. The van der Waals surface area contributed by atoms with Gasteiger partial charge in [0, 0.05) is 30.6 Å². The molecule has 0 bridgehead atoms. The van der Waals surface area contributed by atoms with Crippen molar-refractivity contribution in [2.45, 2.75) is 38.3 Å². The molecular formula is C17H23FN2O. The van der Waals surface area contributed by atoms with E-state index in [0.717, 1.165) is 25.7 Å². The lowest BCUT2D eigenvalue weighted by Gasteiger charge is -2.31. The summed E-state index contributed by atoms with van der Waals surface area (Å²) in [7, 11) is 0. The molecule has 0 aliphatic heterocycles. The highest BCUT2D eigenvalue weighted by Gasteiger charge is 2.28. The van der Waals surface area contributed by atoms with E-state index in [2.05, 4.69) is 6.58 Å². The van der Waals surface area contributed by atoms with Crippen molar-refractivity contribution in [1.82, 2.24) is 4.90 Å². The first-order valence-electron chi connectivity index (χ1n) is 7.50. The van der Waals surface area contributed by atoms with Gasteiger partial charge >= 0.3 is 0 Å². The van der Waals surface area contributed by atoms with Gasteiger partial charge < -0.3 is 10.6 Å². The zero-order valence-electron chi connectivity index (χ0n) is 12.3. The average Bonchev–Trinajstić information content (AvgIpc) is 2.48. The number of rotatable bonds is 5. The lowest BCUT2D eigenvalue weighted by Crippen LogP contribution is -2.40. The van der Waals surface area contributed by atoms with E-state index in [4.69, 9.17) is 5.73 Å². The molecule has 1 amide bonds. The van der Waals surface area contributed by atoms with Crippen molar-refractivity contribution >= 4 is 5.91 Å². The Hall–Kier alpha value is -1.68. The van der Waals surface area contributed by atoms with Crippen molar-refractivity contribution in [3.8, 4) is 0 Å². The Morgan fingerprint density at radius 1 is 1.43 bits per heavy atom. The van der Waals surface area contributed by atoms with E-state index in [9.17, 15) is 9.18 Å². The van der Waals surface area contributed by atoms with Crippen LogP contribution in [0, 0.1) is 11.7 Å². The molecule has 2 atom stereocenters. The van der Waals surface area contributed by atoms with Gasteiger partial charge in [-0.05, 0) is 25.3 Å². The number of carbonyl (C=O) groups excluding carboxylic acids is 1. The molecule has 1 aliphatic rings. The zero-order chi connectivity index (χ0) is 15.2. The third-order valence-electron chi connectivity index (χ3n) is 4.04. The van der Waals surface area contributed by atoms with Gasteiger partial charge in [0.25, 0.3) is 0 Å². The van der Waals surface area contributed by atoms with Crippen LogP contribution in [0.4, 0.5) is 4.39 Å². The third kappa shape index (κ3) is 4.14. The Bertz CT molecular complexity index is 503. The average molecular weight is 290 g/mol. The van der Waals surface area contributed by atoms with Crippen molar-refractivity contribution in [2.24, 2.45) is 11.7 Å². The Morgan fingerprint density at radius 2 is 2.19 bits per heavy atom. The van der Waals surface area contributed by atoms with Crippen LogP contribution in [-0.4, -0.2) is 23.4 Å². The van der Waals surface area contributed by atoms with Crippen molar-refractivity contribution in [3.05, 3.63) is 48.3 Å². The normalized spacial score (nSPS) is 21.8. The van der Waals surface area contributed by atoms with E-state index < -0.39 is 0 Å². The standard InChI is InChI=1S/C17H23FN2O/c1-2-10-20(12-14-6-3-4-9-16(14)18)17(21)13-7-5-8-15(19)11-13/h2-4,6,9,13,15H,1,5,7-8,10-12,19H2. The SMILES string of the molecule is C=CCN(Cc1ccccc1F)C(=O)C1CCCC(N)C1. The summed E-state index contributed by atoms with van der Waals surface area (Å²) in [6.45, 7) is 4.41. The summed E-state index contributed by atoms with van der Waals surface area (Å²) >= 11 is 0. The minimum absolute atomic E-state index is 0.0412. The Kier molecular flexibility index (Phi) is 5.51. The van der Waals surface area contributed by atoms with Crippen LogP contribution < -0.4 is 5.73 Å². The van der Waals surface area contributed by atoms with Crippen LogP contribution >= 0.6 is 0 Å². The third-order valence-corrected chi connectivity index (χ3v) is 4.04. The monoisotopic (exact) mass is 290 g/mol. The van der Waals surface area contributed by atoms with Crippen molar-refractivity contribution in [1.29, 1.82) is 0 Å². The fourth-order valence-electron chi connectivity index (χ4n) is 2.93. The van der Waals surface area contributed by atoms with Gasteiger partial charge in [0.2, 0.25) is 5.91 Å². The fraction of sp³-hybridized carbons (Fsp3) is 0.471. The number of hydrogen-bond donors (Lipinski definition) is 1. The minimum Gasteiger partial charge on any atom is -0.334 e. The number of nitrogens with zero attached hydrogens (tertiary/aromatic N) is 1. The molecule has 1 saturated carbocycles. The topological polar surface area (TPSA) is 46.3 Å². The van der Waals surface area contributed by atoms with Crippen LogP contribution in [0.5, 0.6) is 0 Å². The van der Waals surface area contributed by atoms with Gasteiger partial charge in [-0.15, -0.1) is 6.58 Å². The molecule has 21 heavy (non-hydrogen) atoms. The molecule has 2 N–H and O–H groups in total. The number of benzene rings is 1. The number of halogens is 1. The summed E-state index contributed by atoms with van der Waals surface area (Å²) in [5.74, 6) is -0.256. The number of nitrogens with two attached hydrogens (primary N) is 1. The molecule has 0 saturated heterocycles. The maximum absolute atomic E-state index is 13.8. The van der Waals surface area contributed by atoms with Crippen LogP contribution in [0.1, 0.15) is 31.2 Å². The predicted molar refractivity (Wildman–Crippen MR) is 81.9 cm³/mol. The molecule has 1 fully saturated rings. The smallest absolute Gasteiger partial charge is 0.226 e. The molecule has 2 unspecified atom stereocenters. The van der Waals surface area contributed by atoms with E-state index in [-0.39, 0.29) is 30.2 Å². The fourth-order valence-corrected chi connectivity index (χ4v) is 2.93. The van der Waals surface area contributed by atoms with E-state index in [1.807, 2.05) is 0 Å². The minimum atomic E-state index is -0.278. The number of carbonyl (C=O) groups is 1. The van der Waals surface area contributed by atoms with E-state index in [0.29, 0.717) is 12.1 Å². The second-order valence-electron chi connectivity index (χ2n) is 5.72. The van der Waals surface area contributed by atoms with Gasteiger partial charge in [-0.1, -0.05) is 30.7 Å². The molecule has 0 radical (unpaired) electrons. The lowest BCUT2D eigenvalue weighted by atomic mass is 9.85. The van der Waals surface area contributed by atoms with Gasteiger partial charge in [-0.2, -0.15) is 0 Å². The summed E-state index contributed by atoms with van der Waals surface area (Å²) in [5, 5.41) is 0. The molecule has 1 aliphatic carbocycles. The number of amides is 1. The maximum Gasteiger partial charge on any atom is 0.226 e. The summed E-state index contributed by atoms with van der Waals surface area (Å²) in [6.07, 6.45) is 5.25. The second-order valence-corrected chi connectivity index (χ2v) is 5.72. The van der Waals surface area contributed by atoms with Crippen molar-refractivity contribution < 1.29 is 9.18 Å². The Balaban J connectivity index is 2.09. The molecular weight excluding hydrogens is 267 g/mol. The molecule has 0 aromatic heterocycles. The quantitative estimate of drug-likeness (QED) is 0.848. The van der Waals surface area contributed by atoms with E-state index in [1.54, 1.807) is 29.2 Å². The van der Waals surface area contributed by atoms with E-state index in [1.165, 1.54) is 6.07 Å². The second kappa shape index (κ2) is 7.36. The van der Waals surface area contributed by atoms with Crippen molar-refractivity contribution in [2.75, 3.05) is 6.54 Å². The number of hydrogen-bond acceptors (Lipinski definition) is 2. The van der Waals surface area contributed by atoms with Gasteiger partial charge in [-0.25, -0.2) is 4.39 Å². The molecule has 114 valence electrons. The zero-order valence-corrected chi connectivity index (χ0v) is 12.3. The molecule has 1 aromatic rings. The predicted octanol–water partition coefficient (Wildman–Crippen LogP) is 2.86. The molecule has 3 nitrogen and oxygen atoms in total. The molecule has 0 spiro atoms. The van der Waals surface area contributed by atoms with Crippen molar-refractivity contribution in [3.63, 3.8) is 0 Å². The first-order chi connectivity index (χ1) is 10.1. The highest BCUT2D eigenvalue weighted by atomic mass is 19.1. The van der Waals surface area contributed by atoms with Crippen LogP contribution in [-0.2, 0) is 11.3 Å². The molecule has 2 rings (SSSR count). The molecule has 0 heterocycles.